The average molecular weight is 418 g/mol. The fourth-order valence-corrected chi connectivity index (χ4v) is 8.41. The number of rotatable bonds is 1. The second-order valence-corrected chi connectivity index (χ2v) is 10.7. The number of hydrogen-bond donors (Lipinski definition) is 4. The lowest BCUT2D eigenvalue weighted by atomic mass is 9.46. The molecule has 4 aliphatic carbocycles. The number of hydrogen-bond acceptors (Lipinski definition) is 7. The number of aliphatic hydroxyl groups is 4. The molecule has 2 heterocycles. The molecular formula is C23H30O7. The van der Waals surface area contributed by atoms with Gasteiger partial charge in [0.05, 0.1) is 29.7 Å². The second-order valence-electron chi connectivity index (χ2n) is 10.7. The highest BCUT2D eigenvalue weighted by molar-refractivity contribution is 5.38. The molecule has 7 nitrogen and oxygen atoms in total. The minimum atomic E-state index is -1.26. The molecule has 6 rings (SSSR count). The molecule has 0 unspecified atom stereocenters. The molecule has 0 amide bonds. The monoisotopic (exact) mass is 418 g/mol. The molecular weight excluding hydrogens is 388 g/mol. The Bertz CT molecular complexity index is 925. The number of ether oxygens (including phenoxy) is 1. The topological polar surface area (TPSA) is 124 Å². The van der Waals surface area contributed by atoms with Gasteiger partial charge in [0.1, 0.15) is 11.7 Å². The third kappa shape index (κ3) is 2.06. The van der Waals surface area contributed by atoms with Gasteiger partial charge in [-0.25, -0.2) is 4.79 Å². The van der Waals surface area contributed by atoms with Crippen molar-refractivity contribution in [2.75, 3.05) is 0 Å². The average Bonchev–Trinajstić information content (AvgIpc) is 3.41. The second kappa shape index (κ2) is 5.75. The van der Waals surface area contributed by atoms with Crippen molar-refractivity contribution in [3.05, 3.63) is 34.4 Å². The van der Waals surface area contributed by atoms with E-state index in [1.54, 1.807) is 6.07 Å². The van der Waals surface area contributed by atoms with Crippen LogP contribution in [-0.4, -0.2) is 55.5 Å². The summed E-state index contributed by atoms with van der Waals surface area (Å²) in [5, 5.41) is 44.4. The van der Waals surface area contributed by atoms with E-state index in [0.717, 1.165) is 18.4 Å². The Balaban J connectivity index is 1.40. The summed E-state index contributed by atoms with van der Waals surface area (Å²) in [7, 11) is 0. The molecule has 1 aromatic rings. The van der Waals surface area contributed by atoms with Gasteiger partial charge < -0.3 is 29.6 Å². The van der Waals surface area contributed by atoms with Gasteiger partial charge in [-0.15, -0.1) is 0 Å². The first-order chi connectivity index (χ1) is 14.2. The van der Waals surface area contributed by atoms with Crippen LogP contribution in [0.25, 0.3) is 0 Å². The first-order valence-electron chi connectivity index (χ1n) is 11.2. The van der Waals surface area contributed by atoms with Crippen LogP contribution in [0, 0.1) is 17.3 Å². The van der Waals surface area contributed by atoms with Gasteiger partial charge in [0.2, 0.25) is 0 Å². The highest BCUT2D eigenvalue weighted by Gasteiger charge is 2.84. The van der Waals surface area contributed by atoms with E-state index in [9.17, 15) is 25.2 Å². The molecule has 0 radical (unpaired) electrons. The van der Waals surface area contributed by atoms with Gasteiger partial charge in [-0.1, -0.05) is 6.92 Å². The lowest BCUT2D eigenvalue weighted by molar-refractivity contribution is -0.268. The van der Waals surface area contributed by atoms with Crippen molar-refractivity contribution < 1.29 is 29.6 Å². The molecule has 1 aliphatic heterocycles. The van der Waals surface area contributed by atoms with E-state index in [1.165, 1.54) is 12.3 Å². The zero-order valence-electron chi connectivity index (χ0n) is 17.2. The Morgan fingerprint density at radius 2 is 1.80 bits per heavy atom. The first-order valence-corrected chi connectivity index (χ1v) is 11.2. The minimum absolute atomic E-state index is 0.0390. The molecule has 1 spiro atoms. The van der Waals surface area contributed by atoms with Crippen molar-refractivity contribution >= 4 is 0 Å². The maximum atomic E-state index is 11.8. The van der Waals surface area contributed by atoms with Gasteiger partial charge >= 0.3 is 5.63 Å². The lowest BCUT2D eigenvalue weighted by Gasteiger charge is -2.62. The Kier molecular flexibility index (Phi) is 3.73. The lowest BCUT2D eigenvalue weighted by Crippen LogP contribution is -2.70. The molecule has 7 heteroatoms. The summed E-state index contributed by atoms with van der Waals surface area (Å²) in [4.78, 5) is 11.4. The predicted octanol–water partition coefficient (Wildman–Crippen LogP) is 1.07. The summed E-state index contributed by atoms with van der Waals surface area (Å²) in [6.45, 7) is 2.16. The molecule has 5 fully saturated rings. The van der Waals surface area contributed by atoms with Crippen LogP contribution in [0.15, 0.2) is 27.6 Å². The van der Waals surface area contributed by atoms with Crippen molar-refractivity contribution in [2.24, 2.45) is 17.3 Å². The van der Waals surface area contributed by atoms with Crippen LogP contribution >= 0.6 is 0 Å². The summed E-state index contributed by atoms with van der Waals surface area (Å²) in [6.07, 6.45) is 3.57. The smallest absolute Gasteiger partial charge is 0.335 e. The number of fused-ring (bicyclic) bond motifs is 3. The molecule has 164 valence electrons. The highest BCUT2D eigenvalue weighted by Crippen LogP contribution is 2.77. The summed E-state index contributed by atoms with van der Waals surface area (Å²) in [6, 6.07) is 3.14. The standard InChI is InChI=1S/C23H30O7/c1-20-7-5-14-15(6-8-21(27)10-13(24)4-9-22(14,21)28)23(20)19(30-23)18(26)17(20)12-2-3-16(25)29-11-12/h2-3,11,13-15,17-19,24,26-28H,4-10H2,1H3/t13-,14-,15+,17-,18+,19+,20+,21-,22-,23+/m0/s1. The van der Waals surface area contributed by atoms with Gasteiger partial charge in [-0.3, -0.25) is 0 Å². The molecule has 5 aliphatic rings. The minimum Gasteiger partial charge on any atom is -0.431 e. The molecule has 0 aromatic carbocycles. The fraction of sp³-hybridized carbons (Fsp3) is 0.783. The highest BCUT2D eigenvalue weighted by atomic mass is 16.6. The summed E-state index contributed by atoms with van der Waals surface area (Å²) in [5.41, 5.74) is -2.99. The Hall–Kier alpha value is -1.25. The van der Waals surface area contributed by atoms with Crippen LogP contribution in [-0.2, 0) is 4.74 Å². The third-order valence-corrected chi connectivity index (χ3v) is 9.73. The zero-order chi connectivity index (χ0) is 21.1. The SMILES string of the molecule is C[C@]12CC[C@H]3[C@@H](CC[C@]4(O)C[C@@H](O)CC[C@]34O)[C@]13O[C@@H]3[C@H](O)[C@@H]2c1ccc(=O)oc1. The van der Waals surface area contributed by atoms with Gasteiger partial charge in [0, 0.05) is 23.8 Å². The predicted molar refractivity (Wildman–Crippen MR) is 105 cm³/mol. The van der Waals surface area contributed by atoms with Crippen molar-refractivity contribution in [3.8, 4) is 0 Å². The quantitative estimate of drug-likeness (QED) is 0.503. The third-order valence-electron chi connectivity index (χ3n) is 9.73. The summed E-state index contributed by atoms with van der Waals surface area (Å²) < 4.78 is 11.4. The Morgan fingerprint density at radius 1 is 1.03 bits per heavy atom. The van der Waals surface area contributed by atoms with Gasteiger partial charge in [0.15, 0.2) is 0 Å². The van der Waals surface area contributed by atoms with Gasteiger partial charge in [0.25, 0.3) is 0 Å². The maximum absolute atomic E-state index is 11.8. The van der Waals surface area contributed by atoms with Crippen LogP contribution in [0.2, 0.25) is 0 Å². The Morgan fingerprint density at radius 3 is 2.53 bits per heavy atom. The van der Waals surface area contributed by atoms with E-state index in [1.807, 2.05) is 0 Å². The molecule has 0 bridgehead atoms. The van der Waals surface area contributed by atoms with Crippen LogP contribution in [0.1, 0.15) is 63.4 Å². The van der Waals surface area contributed by atoms with Crippen molar-refractivity contribution in [2.45, 2.75) is 92.9 Å². The Labute approximate surface area is 174 Å². The van der Waals surface area contributed by atoms with E-state index in [4.69, 9.17) is 9.15 Å². The summed E-state index contributed by atoms with van der Waals surface area (Å²) in [5.74, 6) is -0.288. The number of aliphatic hydroxyl groups excluding tert-OH is 2. The van der Waals surface area contributed by atoms with Crippen molar-refractivity contribution in [1.29, 1.82) is 0 Å². The van der Waals surface area contributed by atoms with Crippen LogP contribution in [0.4, 0.5) is 0 Å². The maximum Gasteiger partial charge on any atom is 0.335 e. The van der Waals surface area contributed by atoms with E-state index in [-0.39, 0.29) is 35.7 Å². The van der Waals surface area contributed by atoms with Crippen LogP contribution in [0.5, 0.6) is 0 Å². The molecule has 1 saturated heterocycles. The zero-order valence-corrected chi connectivity index (χ0v) is 17.2. The van der Waals surface area contributed by atoms with E-state index >= 15 is 0 Å². The van der Waals surface area contributed by atoms with Crippen LogP contribution < -0.4 is 5.63 Å². The van der Waals surface area contributed by atoms with Gasteiger partial charge in [-0.05, 0) is 62.0 Å². The van der Waals surface area contributed by atoms with E-state index < -0.39 is 34.6 Å². The van der Waals surface area contributed by atoms with E-state index in [2.05, 4.69) is 6.92 Å². The van der Waals surface area contributed by atoms with Crippen LogP contribution in [0.3, 0.4) is 0 Å². The van der Waals surface area contributed by atoms with Crippen molar-refractivity contribution in [3.63, 3.8) is 0 Å². The van der Waals surface area contributed by atoms with Crippen molar-refractivity contribution in [1.82, 2.24) is 0 Å². The molecule has 10 atom stereocenters. The largest absolute Gasteiger partial charge is 0.431 e. The molecule has 4 saturated carbocycles. The van der Waals surface area contributed by atoms with Gasteiger partial charge in [-0.2, -0.15) is 0 Å². The molecule has 30 heavy (non-hydrogen) atoms. The molecule has 1 aromatic heterocycles. The normalized spacial score (nSPS) is 56.4. The summed E-state index contributed by atoms with van der Waals surface area (Å²) >= 11 is 0. The van der Waals surface area contributed by atoms with E-state index in [0.29, 0.717) is 25.7 Å². The fourth-order valence-electron chi connectivity index (χ4n) is 8.41. The molecule has 4 N–H and O–H groups in total. The number of epoxide rings is 1. The first kappa shape index (κ1) is 19.4.